The maximum Gasteiger partial charge on any atom is 0.257 e. The number of methoxy groups -OCH3 is 3. The molecule has 8 heteroatoms. The molecule has 0 spiro atoms. The zero-order valence-corrected chi connectivity index (χ0v) is 16.7. The van der Waals surface area contributed by atoms with Gasteiger partial charge in [0, 0.05) is 13.1 Å². The van der Waals surface area contributed by atoms with Crippen molar-refractivity contribution in [3.63, 3.8) is 0 Å². The molecule has 0 fully saturated rings. The molecule has 0 amide bonds. The molecule has 1 heterocycles. The van der Waals surface area contributed by atoms with Gasteiger partial charge in [0.15, 0.2) is 0 Å². The van der Waals surface area contributed by atoms with Gasteiger partial charge in [0.2, 0.25) is 11.1 Å². The molecule has 0 unspecified atom stereocenters. The van der Waals surface area contributed by atoms with Crippen LogP contribution in [0.5, 0.6) is 17.4 Å². The normalized spacial score (nSPS) is 10.4. The van der Waals surface area contributed by atoms with Gasteiger partial charge in [-0.1, -0.05) is 35.9 Å². The number of rotatable bonds is 8. The number of ether oxygens (including phenoxy) is 3. The number of halogens is 1. The molecule has 2 aromatic carbocycles. The predicted molar refractivity (Wildman–Crippen MR) is 107 cm³/mol. The molecular formula is C20H21ClN4O3. The van der Waals surface area contributed by atoms with Crippen LogP contribution in [0, 0.1) is 0 Å². The minimum absolute atomic E-state index is 0.125. The summed E-state index contributed by atoms with van der Waals surface area (Å²) >= 11 is 5.98. The smallest absolute Gasteiger partial charge is 0.257 e. The van der Waals surface area contributed by atoms with Crippen LogP contribution in [0.2, 0.25) is 5.15 Å². The highest BCUT2D eigenvalue weighted by molar-refractivity contribution is 6.30. The summed E-state index contributed by atoms with van der Waals surface area (Å²) in [7, 11) is 4.78. The zero-order chi connectivity index (χ0) is 19.9. The average molecular weight is 401 g/mol. The third kappa shape index (κ3) is 4.80. The number of aromatic nitrogens is 3. The van der Waals surface area contributed by atoms with Crippen LogP contribution in [0.1, 0.15) is 11.1 Å². The van der Waals surface area contributed by atoms with Crippen LogP contribution >= 0.6 is 11.6 Å². The van der Waals surface area contributed by atoms with E-state index in [2.05, 4.69) is 15.2 Å². The van der Waals surface area contributed by atoms with Crippen molar-refractivity contribution < 1.29 is 14.2 Å². The Morgan fingerprint density at radius 3 is 1.68 bits per heavy atom. The maximum atomic E-state index is 5.98. The Kier molecular flexibility index (Phi) is 6.49. The standard InChI is InChI=1S/C20H21ClN4O3/c1-26-16-8-4-14(5-9-16)12-25(13-15-6-10-17(27-2)11-7-15)20-22-19(28-3)18(21)23-24-20/h4-11H,12-13H2,1-3H3. The van der Waals surface area contributed by atoms with Crippen molar-refractivity contribution in [3.8, 4) is 17.4 Å². The molecule has 0 aliphatic carbocycles. The molecular weight excluding hydrogens is 380 g/mol. The zero-order valence-electron chi connectivity index (χ0n) is 15.9. The lowest BCUT2D eigenvalue weighted by molar-refractivity contribution is 0.393. The van der Waals surface area contributed by atoms with Gasteiger partial charge in [-0.3, -0.25) is 0 Å². The average Bonchev–Trinajstić information content (AvgIpc) is 2.74. The lowest BCUT2D eigenvalue weighted by Crippen LogP contribution is -2.25. The van der Waals surface area contributed by atoms with Crippen molar-refractivity contribution >= 4 is 17.5 Å². The predicted octanol–water partition coefficient (Wildman–Crippen LogP) is 3.76. The van der Waals surface area contributed by atoms with Crippen molar-refractivity contribution in [2.75, 3.05) is 26.2 Å². The number of nitrogens with zero attached hydrogens (tertiary/aromatic N) is 4. The molecule has 0 atom stereocenters. The third-order valence-electron chi connectivity index (χ3n) is 4.15. The molecule has 28 heavy (non-hydrogen) atoms. The highest BCUT2D eigenvalue weighted by Crippen LogP contribution is 2.24. The van der Waals surface area contributed by atoms with Gasteiger partial charge in [0.25, 0.3) is 5.88 Å². The van der Waals surface area contributed by atoms with Crippen LogP contribution < -0.4 is 19.1 Å². The Labute approximate surface area is 168 Å². The van der Waals surface area contributed by atoms with E-state index in [4.69, 9.17) is 25.8 Å². The summed E-state index contributed by atoms with van der Waals surface area (Å²) in [4.78, 5) is 6.40. The fourth-order valence-electron chi connectivity index (χ4n) is 2.65. The van der Waals surface area contributed by atoms with Gasteiger partial charge >= 0.3 is 0 Å². The van der Waals surface area contributed by atoms with Gasteiger partial charge in [-0.05, 0) is 35.4 Å². The van der Waals surface area contributed by atoms with E-state index in [0.717, 1.165) is 22.6 Å². The summed E-state index contributed by atoms with van der Waals surface area (Å²) < 4.78 is 15.6. The van der Waals surface area contributed by atoms with Gasteiger partial charge in [0.05, 0.1) is 21.3 Å². The number of hydrogen-bond acceptors (Lipinski definition) is 7. The Morgan fingerprint density at radius 1 is 0.750 bits per heavy atom. The van der Waals surface area contributed by atoms with E-state index in [1.807, 2.05) is 53.4 Å². The molecule has 3 rings (SSSR count). The summed E-state index contributed by atoms with van der Waals surface area (Å²) in [5, 5.41) is 8.23. The summed E-state index contributed by atoms with van der Waals surface area (Å²) in [6.07, 6.45) is 0. The fraction of sp³-hybridized carbons (Fsp3) is 0.250. The number of anilines is 1. The van der Waals surface area contributed by atoms with E-state index >= 15 is 0 Å². The Morgan fingerprint density at radius 2 is 1.25 bits per heavy atom. The Hall–Kier alpha value is -3.06. The van der Waals surface area contributed by atoms with E-state index in [-0.39, 0.29) is 11.0 Å². The highest BCUT2D eigenvalue weighted by atomic mass is 35.5. The molecule has 0 saturated heterocycles. The summed E-state index contributed by atoms with van der Waals surface area (Å²) in [5.41, 5.74) is 2.15. The second-order valence-electron chi connectivity index (χ2n) is 5.96. The van der Waals surface area contributed by atoms with E-state index in [9.17, 15) is 0 Å². The molecule has 0 bridgehead atoms. The first-order valence-corrected chi connectivity index (χ1v) is 8.95. The first kappa shape index (κ1) is 19.7. The van der Waals surface area contributed by atoms with Crippen LogP contribution in [0.4, 0.5) is 5.95 Å². The topological polar surface area (TPSA) is 69.6 Å². The van der Waals surface area contributed by atoms with E-state index < -0.39 is 0 Å². The van der Waals surface area contributed by atoms with Gasteiger partial charge in [-0.2, -0.15) is 4.98 Å². The quantitative estimate of drug-likeness (QED) is 0.570. The van der Waals surface area contributed by atoms with Crippen molar-refractivity contribution in [2.24, 2.45) is 0 Å². The summed E-state index contributed by atoms with van der Waals surface area (Å²) in [5.74, 6) is 2.27. The molecule has 3 aromatic rings. The maximum absolute atomic E-state index is 5.98. The second-order valence-corrected chi connectivity index (χ2v) is 6.32. The summed E-state index contributed by atoms with van der Waals surface area (Å²) in [6, 6.07) is 15.7. The molecule has 0 aliphatic heterocycles. The van der Waals surface area contributed by atoms with E-state index in [1.54, 1.807) is 14.2 Å². The highest BCUT2D eigenvalue weighted by Gasteiger charge is 2.16. The first-order valence-electron chi connectivity index (χ1n) is 8.58. The number of benzene rings is 2. The monoisotopic (exact) mass is 400 g/mol. The molecule has 0 N–H and O–H groups in total. The fourth-order valence-corrected chi connectivity index (χ4v) is 2.81. The van der Waals surface area contributed by atoms with Crippen LogP contribution in [0.15, 0.2) is 48.5 Å². The molecule has 0 radical (unpaired) electrons. The van der Waals surface area contributed by atoms with Crippen molar-refractivity contribution in [2.45, 2.75) is 13.1 Å². The summed E-state index contributed by atoms with van der Waals surface area (Å²) in [6.45, 7) is 1.14. The minimum atomic E-state index is 0.125. The van der Waals surface area contributed by atoms with Gasteiger partial charge in [-0.25, -0.2) is 0 Å². The van der Waals surface area contributed by atoms with Crippen LogP contribution in [-0.2, 0) is 13.1 Å². The molecule has 7 nitrogen and oxygen atoms in total. The first-order chi connectivity index (χ1) is 13.6. The Bertz CT molecular complexity index is 855. The van der Waals surface area contributed by atoms with Gasteiger partial charge in [-0.15, -0.1) is 10.2 Å². The van der Waals surface area contributed by atoms with Crippen LogP contribution in [-0.4, -0.2) is 36.5 Å². The lowest BCUT2D eigenvalue weighted by Gasteiger charge is -2.23. The van der Waals surface area contributed by atoms with Crippen molar-refractivity contribution in [1.82, 2.24) is 15.2 Å². The largest absolute Gasteiger partial charge is 0.497 e. The lowest BCUT2D eigenvalue weighted by atomic mass is 10.1. The van der Waals surface area contributed by atoms with Gasteiger partial charge < -0.3 is 19.1 Å². The van der Waals surface area contributed by atoms with E-state index in [0.29, 0.717) is 19.0 Å². The minimum Gasteiger partial charge on any atom is -0.497 e. The van der Waals surface area contributed by atoms with E-state index in [1.165, 1.54) is 7.11 Å². The van der Waals surface area contributed by atoms with Crippen molar-refractivity contribution in [1.29, 1.82) is 0 Å². The van der Waals surface area contributed by atoms with Crippen molar-refractivity contribution in [3.05, 3.63) is 64.8 Å². The second kappa shape index (κ2) is 9.23. The third-order valence-corrected chi connectivity index (χ3v) is 4.38. The molecule has 0 aliphatic rings. The Balaban J connectivity index is 1.89. The molecule has 146 valence electrons. The van der Waals surface area contributed by atoms with Crippen LogP contribution in [0.25, 0.3) is 0 Å². The SMILES string of the molecule is COc1ccc(CN(Cc2ccc(OC)cc2)c2nnc(Cl)c(OC)n2)cc1. The number of hydrogen-bond donors (Lipinski definition) is 0. The van der Waals surface area contributed by atoms with Gasteiger partial charge in [0.1, 0.15) is 11.5 Å². The van der Waals surface area contributed by atoms with Crippen LogP contribution in [0.3, 0.4) is 0 Å². The molecule has 1 aromatic heterocycles. The molecule has 0 saturated carbocycles.